The maximum Gasteiger partial charge on any atom is 0.342 e. The molecule has 29 heavy (non-hydrogen) atoms. The normalized spacial score (nSPS) is 18.5. The first-order valence-electron chi connectivity index (χ1n) is 10.0. The van der Waals surface area contributed by atoms with Gasteiger partial charge < -0.3 is 24.6 Å². The molecule has 1 amide bonds. The van der Waals surface area contributed by atoms with Crippen LogP contribution in [0.25, 0.3) is 0 Å². The third-order valence-electron chi connectivity index (χ3n) is 5.60. The van der Waals surface area contributed by atoms with Crippen LogP contribution < -0.4 is 10.1 Å². The summed E-state index contributed by atoms with van der Waals surface area (Å²) in [5.41, 5.74) is 3.31. The van der Waals surface area contributed by atoms with Crippen molar-refractivity contribution in [3.05, 3.63) is 33.9 Å². The number of phenols is 1. The second-order valence-corrected chi connectivity index (χ2v) is 7.61. The van der Waals surface area contributed by atoms with Crippen molar-refractivity contribution in [2.45, 2.75) is 58.7 Å². The van der Waals surface area contributed by atoms with Crippen molar-refractivity contribution in [2.75, 3.05) is 20.3 Å². The molecule has 0 spiro atoms. The molecule has 2 aliphatic heterocycles. The van der Waals surface area contributed by atoms with Crippen LogP contribution in [-0.2, 0) is 27.3 Å². The van der Waals surface area contributed by atoms with Gasteiger partial charge in [0.15, 0.2) is 0 Å². The molecule has 1 saturated heterocycles. The Morgan fingerprint density at radius 3 is 2.86 bits per heavy atom. The molecule has 2 aliphatic rings. The molecule has 7 nitrogen and oxygen atoms in total. The molecule has 158 valence electrons. The maximum atomic E-state index is 12.0. The maximum absolute atomic E-state index is 12.0. The second-order valence-electron chi connectivity index (χ2n) is 7.61. The van der Waals surface area contributed by atoms with Crippen molar-refractivity contribution in [1.29, 1.82) is 0 Å². The van der Waals surface area contributed by atoms with Gasteiger partial charge in [0.2, 0.25) is 5.91 Å². The quantitative estimate of drug-likeness (QED) is 0.512. The number of carbonyl (C=O) groups is 2. The van der Waals surface area contributed by atoms with Crippen molar-refractivity contribution >= 4 is 11.9 Å². The summed E-state index contributed by atoms with van der Waals surface area (Å²) in [6.07, 6.45) is 5.56. The summed E-state index contributed by atoms with van der Waals surface area (Å²) in [5.74, 6) is -0.0147. The minimum atomic E-state index is -0.506. The lowest BCUT2D eigenvalue weighted by atomic mass is 9.94. The van der Waals surface area contributed by atoms with Gasteiger partial charge in [0, 0.05) is 30.7 Å². The molecule has 1 aromatic carbocycles. The standard InChI is InChI=1S/C22H29NO6/c1-13(7-9-18(24)23-11-15-5-4-10-28-15)6-8-16-20(25)19-17(12-29-22(19)26)14(2)21(16)27-3/h6,15,25H,4-5,7-12H2,1-3H3,(H,23,24)/t15-/m0/s1. The first-order valence-corrected chi connectivity index (χ1v) is 10.0. The van der Waals surface area contributed by atoms with Crippen LogP contribution in [0.5, 0.6) is 11.5 Å². The number of phenolic OH excluding ortho intramolecular Hbond substituents is 1. The second kappa shape index (κ2) is 9.31. The Morgan fingerprint density at radius 1 is 1.38 bits per heavy atom. The van der Waals surface area contributed by atoms with E-state index >= 15 is 0 Å². The molecule has 0 unspecified atom stereocenters. The zero-order valence-corrected chi connectivity index (χ0v) is 17.3. The Kier molecular flexibility index (Phi) is 6.79. The van der Waals surface area contributed by atoms with E-state index in [1.165, 1.54) is 0 Å². The molecule has 0 radical (unpaired) electrons. The fourth-order valence-corrected chi connectivity index (χ4v) is 3.84. The number of ether oxygens (including phenoxy) is 3. The van der Waals surface area contributed by atoms with E-state index in [0.29, 0.717) is 42.7 Å². The Labute approximate surface area is 171 Å². The predicted octanol–water partition coefficient (Wildman–Crippen LogP) is 2.94. The molecule has 0 bridgehead atoms. The first-order chi connectivity index (χ1) is 13.9. The smallest absolute Gasteiger partial charge is 0.342 e. The van der Waals surface area contributed by atoms with Gasteiger partial charge in [0.1, 0.15) is 23.7 Å². The van der Waals surface area contributed by atoms with Crippen LogP contribution >= 0.6 is 0 Å². The summed E-state index contributed by atoms with van der Waals surface area (Å²) >= 11 is 0. The van der Waals surface area contributed by atoms with Crippen LogP contribution in [0.1, 0.15) is 59.7 Å². The van der Waals surface area contributed by atoms with Crippen molar-refractivity contribution in [1.82, 2.24) is 5.32 Å². The van der Waals surface area contributed by atoms with Crippen LogP contribution in [0.4, 0.5) is 0 Å². The van der Waals surface area contributed by atoms with Gasteiger partial charge in [-0.2, -0.15) is 0 Å². The molecule has 1 aromatic rings. The fraction of sp³-hybridized carbons (Fsp3) is 0.545. The summed E-state index contributed by atoms with van der Waals surface area (Å²) in [6.45, 7) is 5.30. The first kappa shape index (κ1) is 21.2. The molecule has 1 fully saturated rings. The summed E-state index contributed by atoms with van der Waals surface area (Å²) in [5, 5.41) is 13.6. The number of benzene rings is 1. The van der Waals surface area contributed by atoms with E-state index in [1.54, 1.807) is 7.11 Å². The molecule has 2 N–H and O–H groups in total. The van der Waals surface area contributed by atoms with Gasteiger partial charge >= 0.3 is 5.97 Å². The molecular formula is C22H29NO6. The van der Waals surface area contributed by atoms with Gasteiger partial charge in [-0.25, -0.2) is 4.79 Å². The van der Waals surface area contributed by atoms with E-state index < -0.39 is 5.97 Å². The summed E-state index contributed by atoms with van der Waals surface area (Å²) in [4.78, 5) is 24.0. The van der Waals surface area contributed by atoms with Crippen LogP contribution in [0, 0.1) is 6.92 Å². The van der Waals surface area contributed by atoms with Gasteiger partial charge in [-0.1, -0.05) is 11.6 Å². The topological polar surface area (TPSA) is 94.1 Å². The molecule has 0 saturated carbocycles. The lowest BCUT2D eigenvalue weighted by molar-refractivity contribution is -0.121. The average molecular weight is 403 g/mol. The van der Waals surface area contributed by atoms with Crippen molar-refractivity contribution in [3.63, 3.8) is 0 Å². The van der Waals surface area contributed by atoms with E-state index in [2.05, 4.69) is 5.32 Å². The number of nitrogens with one attached hydrogen (secondary N) is 1. The van der Waals surface area contributed by atoms with Gasteiger partial charge in [0.05, 0.1) is 13.2 Å². The van der Waals surface area contributed by atoms with Gasteiger partial charge in [-0.05, 0) is 45.1 Å². The SMILES string of the molecule is COc1c(C)c2c(c(O)c1CC=C(C)CCC(=O)NC[C@@H]1CCCO1)C(=O)OC2. The van der Waals surface area contributed by atoms with Crippen LogP contribution in [0.2, 0.25) is 0 Å². The molecule has 0 aliphatic carbocycles. The Bertz CT molecular complexity index is 823. The van der Waals surface area contributed by atoms with Crippen LogP contribution in [-0.4, -0.2) is 43.3 Å². The number of methoxy groups -OCH3 is 1. The van der Waals surface area contributed by atoms with Crippen molar-refractivity contribution in [3.8, 4) is 11.5 Å². The number of amides is 1. The van der Waals surface area contributed by atoms with E-state index in [1.807, 2.05) is 19.9 Å². The summed E-state index contributed by atoms with van der Waals surface area (Å²) in [6, 6.07) is 0. The minimum Gasteiger partial charge on any atom is -0.507 e. The number of esters is 1. The number of aromatic hydroxyl groups is 1. The highest BCUT2D eigenvalue weighted by Gasteiger charge is 2.31. The van der Waals surface area contributed by atoms with E-state index in [4.69, 9.17) is 14.2 Å². The average Bonchev–Trinajstić information content (AvgIpc) is 3.36. The number of cyclic esters (lactones) is 1. The number of hydrogen-bond donors (Lipinski definition) is 2. The molecule has 7 heteroatoms. The lowest BCUT2D eigenvalue weighted by Crippen LogP contribution is -2.31. The number of allylic oxidation sites excluding steroid dienone is 2. The van der Waals surface area contributed by atoms with Crippen LogP contribution in [0.15, 0.2) is 11.6 Å². The Morgan fingerprint density at radius 2 is 2.17 bits per heavy atom. The Hall–Kier alpha value is -2.54. The van der Waals surface area contributed by atoms with E-state index in [-0.39, 0.29) is 29.9 Å². The van der Waals surface area contributed by atoms with Gasteiger partial charge in [0.25, 0.3) is 0 Å². The fourth-order valence-electron chi connectivity index (χ4n) is 3.84. The Balaban J connectivity index is 1.61. The van der Waals surface area contributed by atoms with Gasteiger partial charge in [-0.15, -0.1) is 0 Å². The highest BCUT2D eigenvalue weighted by Crippen LogP contribution is 2.42. The molecule has 3 rings (SSSR count). The molecular weight excluding hydrogens is 374 g/mol. The zero-order valence-electron chi connectivity index (χ0n) is 17.3. The van der Waals surface area contributed by atoms with Gasteiger partial charge in [-0.3, -0.25) is 4.79 Å². The highest BCUT2D eigenvalue weighted by molar-refractivity contribution is 5.98. The number of hydrogen-bond acceptors (Lipinski definition) is 6. The number of rotatable bonds is 8. The zero-order chi connectivity index (χ0) is 21.0. The van der Waals surface area contributed by atoms with Crippen molar-refractivity contribution < 1.29 is 28.9 Å². The third kappa shape index (κ3) is 4.72. The van der Waals surface area contributed by atoms with E-state index in [9.17, 15) is 14.7 Å². The predicted molar refractivity (Wildman–Crippen MR) is 107 cm³/mol. The molecule has 0 aromatic heterocycles. The highest BCUT2D eigenvalue weighted by atomic mass is 16.5. The summed E-state index contributed by atoms with van der Waals surface area (Å²) < 4.78 is 16.1. The van der Waals surface area contributed by atoms with Crippen LogP contribution in [0.3, 0.4) is 0 Å². The van der Waals surface area contributed by atoms with E-state index in [0.717, 1.165) is 30.6 Å². The lowest BCUT2D eigenvalue weighted by Gasteiger charge is -2.15. The molecule has 2 heterocycles. The summed E-state index contributed by atoms with van der Waals surface area (Å²) in [7, 11) is 1.55. The number of fused-ring (bicyclic) bond motifs is 1. The third-order valence-corrected chi connectivity index (χ3v) is 5.60. The number of carbonyl (C=O) groups excluding carboxylic acids is 2. The largest absolute Gasteiger partial charge is 0.507 e. The molecule has 1 atom stereocenters. The monoisotopic (exact) mass is 403 g/mol. The van der Waals surface area contributed by atoms with Crippen molar-refractivity contribution in [2.24, 2.45) is 0 Å². The minimum absolute atomic E-state index is 0.00444.